The number of nitrogens with zero attached hydrogens (tertiary/aromatic N) is 1. The smallest absolute Gasteiger partial charge is 0.435 e. The van der Waals surface area contributed by atoms with Crippen molar-refractivity contribution >= 4 is 17.6 Å². The quantitative estimate of drug-likeness (QED) is 0.496. The van der Waals surface area contributed by atoms with Gasteiger partial charge in [-0.05, 0) is 36.1 Å². The minimum absolute atomic E-state index is 0.0544. The molecule has 0 heterocycles. The van der Waals surface area contributed by atoms with Crippen LogP contribution in [0.4, 0.5) is 10.5 Å². The molecule has 5 heteroatoms. The minimum atomic E-state index is -0.671. The summed E-state index contributed by atoms with van der Waals surface area (Å²) in [5, 5.41) is 0. The van der Waals surface area contributed by atoms with Crippen LogP contribution < -0.4 is 11.5 Å². The zero-order valence-corrected chi connectivity index (χ0v) is 11.6. The topological polar surface area (TPSA) is 90.7 Å². The Labute approximate surface area is 113 Å². The molecule has 0 aliphatic heterocycles. The second-order valence-corrected chi connectivity index (χ2v) is 5.19. The molecular formula is C14H21N3O2. The maximum Gasteiger partial charge on any atom is 0.435 e. The van der Waals surface area contributed by atoms with Gasteiger partial charge in [-0.2, -0.15) is 4.99 Å². The molecule has 0 atom stereocenters. The lowest BCUT2D eigenvalue weighted by Gasteiger charge is -2.20. The van der Waals surface area contributed by atoms with Crippen molar-refractivity contribution < 1.29 is 9.53 Å². The van der Waals surface area contributed by atoms with Crippen LogP contribution in [-0.4, -0.2) is 18.5 Å². The number of rotatable bonds is 4. The van der Waals surface area contributed by atoms with Crippen LogP contribution in [0.5, 0.6) is 0 Å². The van der Waals surface area contributed by atoms with Crippen molar-refractivity contribution in [2.75, 3.05) is 12.3 Å². The highest BCUT2D eigenvalue weighted by Crippen LogP contribution is 2.19. The third kappa shape index (κ3) is 4.99. The number of anilines is 1. The van der Waals surface area contributed by atoms with Crippen molar-refractivity contribution in [1.29, 1.82) is 0 Å². The van der Waals surface area contributed by atoms with Crippen molar-refractivity contribution in [3.63, 3.8) is 0 Å². The Morgan fingerprint density at radius 2 is 1.89 bits per heavy atom. The van der Waals surface area contributed by atoms with Crippen LogP contribution in [0.1, 0.15) is 32.8 Å². The van der Waals surface area contributed by atoms with E-state index in [-0.39, 0.29) is 11.3 Å². The summed E-state index contributed by atoms with van der Waals surface area (Å²) in [6.07, 6.45) is 0.244. The average Bonchev–Trinajstić information content (AvgIpc) is 2.37. The van der Waals surface area contributed by atoms with Gasteiger partial charge in [-0.3, -0.25) is 0 Å². The van der Waals surface area contributed by atoms with Gasteiger partial charge in [0.1, 0.15) is 5.84 Å². The number of amides is 1. The molecule has 19 heavy (non-hydrogen) atoms. The second kappa shape index (κ2) is 6.22. The molecule has 1 aromatic rings. The van der Waals surface area contributed by atoms with E-state index in [4.69, 9.17) is 16.2 Å². The Morgan fingerprint density at radius 3 is 2.42 bits per heavy atom. The number of amidine groups is 1. The number of aliphatic imine (C=N–C) groups is 1. The Hall–Kier alpha value is -2.04. The lowest BCUT2D eigenvalue weighted by molar-refractivity contribution is 0.105. The van der Waals surface area contributed by atoms with Crippen molar-refractivity contribution in [2.45, 2.75) is 27.2 Å². The molecule has 0 aliphatic rings. The largest absolute Gasteiger partial charge is 0.447 e. The zero-order chi connectivity index (χ0) is 14.5. The highest BCUT2D eigenvalue weighted by atomic mass is 16.5. The highest BCUT2D eigenvalue weighted by molar-refractivity contribution is 6.02. The fourth-order valence-corrected chi connectivity index (χ4v) is 1.21. The number of hydrogen-bond donors (Lipinski definition) is 2. The molecule has 0 radical (unpaired) electrons. The van der Waals surface area contributed by atoms with Gasteiger partial charge in [-0.25, -0.2) is 4.79 Å². The molecule has 0 saturated carbocycles. The number of carbonyl (C=O) groups excluding carboxylic acids is 1. The van der Waals surface area contributed by atoms with E-state index in [1.165, 1.54) is 0 Å². The van der Waals surface area contributed by atoms with Crippen molar-refractivity contribution in [2.24, 2.45) is 16.1 Å². The van der Waals surface area contributed by atoms with Crippen LogP contribution in [0.3, 0.4) is 0 Å². The van der Waals surface area contributed by atoms with E-state index in [1.54, 1.807) is 24.3 Å². The molecule has 1 aromatic carbocycles. The second-order valence-electron chi connectivity index (χ2n) is 5.19. The lowest BCUT2D eigenvalue weighted by atomic mass is 9.92. The molecule has 4 N–H and O–H groups in total. The summed E-state index contributed by atoms with van der Waals surface area (Å²) in [5.41, 5.74) is 12.5. The van der Waals surface area contributed by atoms with Crippen molar-refractivity contribution in [1.82, 2.24) is 0 Å². The maximum atomic E-state index is 11.5. The van der Waals surface area contributed by atoms with Gasteiger partial charge in [0.05, 0.1) is 6.61 Å². The Kier molecular flexibility index (Phi) is 4.92. The summed E-state index contributed by atoms with van der Waals surface area (Å²) in [7, 11) is 0. The predicted octanol–water partition coefficient (Wildman–Crippen LogP) is 2.55. The first kappa shape index (κ1) is 15.0. The van der Waals surface area contributed by atoms with E-state index in [2.05, 4.69) is 4.99 Å². The van der Waals surface area contributed by atoms with Gasteiger partial charge in [0.2, 0.25) is 0 Å². The Balaban J connectivity index is 2.64. The van der Waals surface area contributed by atoms with E-state index in [0.29, 0.717) is 17.9 Å². The fraction of sp³-hybridized carbons (Fsp3) is 0.429. The molecule has 0 fully saturated rings. The number of nitrogens with two attached hydrogens (primary N) is 2. The lowest BCUT2D eigenvalue weighted by Crippen LogP contribution is -2.22. The van der Waals surface area contributed by atoms with Gasteiger partial charge in [0.25, 0.3) is 0 Å². The minimum Gasteiger partial charge on any atom is -0.447 e. The van der Waals surface area contributed by atoms with E-state index < -0.39 is 6.09 Å². The predicted molar refractivity (Wildman–Crippen MR) is 77.0 cm³/mol. The average molecular weight is 263 g/mol. The number of benzene rings is 1. The van der Waals surface area contributed by atoms with Gasteiger partial charge in [-0.15, -0.1) is 0 Å². The molecule has 0 bridgehead atoms. The first-order valence-electron chi connectivity index (χ1n) is 6.21. The molecule has 0 aromatic heterocycles. The van der Waals surface area contributed by atoms with Crippen LogP contribution in [0.15, 0.2) is 29.3 Å². The highest BCUT2D eigenvalue weighted by Gasteiger charge is 2.17. The third-order valence-corrected chi connectivity index (χ3v) is 2.96. The summed E-state index contributed by atoms with van der Waals surface area (Å²) < 4.78 is 5.08. The summed E-state index contributed by atoms with van der Waals surface area (Å²) in [6, 6.07) is 6.81. The van der Waals surface area contributed by atoms with Gasteiger partial charge in [-0.1, -0.05) is 20.8 Å². The van der Waals surface area contributed by atoms with Crippen LogP contribution in [-0.2, 0) is 4.74 Å². The normalized spacial score (nSPS) is 12.3. The molecule has 1 amide bonds. The van der Waals surface area contributed by atoms with Gasteiger partial charge in [0, 0.05) is 11.3 Å². The van der Waals surface area contributed by atoms with Crippen LogP contribution in [0, 0.1) is 5.41 Å². The van der Waals surface area contributed by atoms with Crippen LogP contribution >= 0.6 is 0 Å². The molecule has 0 aliphatic carbocycles. The molecule has 104 valence electrons. The summed E-state index contributed by atoms with van der Waals surface area (Å²) in [5.74, 6) is 0.124. The van der Waals surface area contributed by atoms with E-state index >= 15 is 0 Å². The van der Waals surface area contributed by atoms with Crippen molar-refractivity contribution in [3.8, 4) is 0 Å². The number of carbonyl (C=O) groups is 1. The van der Waals surface area contributed by atoms with E-state index in [9.17, 15) is 4.79 Å². The maximum absolute atomic E-state index is 11.5. The molecule has 0 spiro atoms. The molecule has 1 rings (SSSR count). The first-order valence-corrected chi connectivity index (χ1v) is 6.21. The van der Waals surface area contributed by atoms with Crippen molar-refractivity contribution in [3.05, 3.63) is 29.8 Å². The van der Waals surface area contributed by atoms with E-state index in [0.717, 1.165) is 6.42 Å². The molecule has 0 saturated heterocycles. The molecule has 5 nitrogen and oxygen atoms in total. The third-order valence-electron chi connectivity index (χ3n) is 2.96. The SMILES string of the molecule is CCC(C)(C)COC(=O)N=C(N)c1ccc(N)cc1. The number of ether oxygens (including phenoxy) is 1. The van der Waals surface area contributed by atoms with Gasteiger partial charge in [0.15, 0.2) is 0 Å². The standard InChI is InChI=1S/C14H21N3O2/c1-4-14(2,3)9-19-13(18)17-12(16)10-5-7-11(15)8-6-10/h5-8H,4,9,15H2,1-3H3,(H2,16,17,18). The fourth-order valence-electron chi connectivity index (χ4n) is 1.21. The summed E-state index contributed by atoms with van der Waals surface area (Å²) in [6.45, 7) is 6.40. The summed E-state index contributed by atoms with van der Waals surface area (Å²) >= 11 is 0. The molecular weight excluding hydrogens is 242 g/mol. The Bertz CT molecular complexity index is 464. The monoisotopic (exact) mass is 263 g/mol. The number of nitrogen functional groups attached to an aromatic ring is 1. The van der Waals surface area contributed by atoms with Gasteiger partial charge < -0.3 is 16.2 Å². The number of hydrogen-bond acceptors (Lipinski definition) is 3. The van der Waals surface area contributed by atoms with E-state index in [1.807, 2.05) is 20.8 Å². The first-order chi connectivity index (χ1) is 8.84. The van der Waals surface area contributed by atoms with Crippen LogP contribution in [0.25, 0.3) is 0 Å². The Morgan fingerprint density at radius 1 is 1.32 bits per heavy atom. The van der Waals surface area contributed by atoms with Crippen LogP contribution in [0.2, 0.25) is 0 Å². The van der Waals surface area contributed by atoms with Gasteiger partial charge >= 0.3 is 6.09 Å². The summed E-state index contributed by atoms with van der Waals surface area (Å²) in [4.78, 5) is 15.2. The zero-order valence-electron chi connectivity index (χ0n) is 11.6. The molecule has 0 unspecified atom stereocenters.